The highest BCUT2D eigenvalue weighted by molar-refractivity contribution is 6.05. The Balaban J connectivity index is 2.41. The van der Waals surface area contributed by atoms with Gasteiger partial charge < -0.3 is 10.8 Å². The number of hydrogen-bond donors (Lipinski definition) is 2. The Bertz CT molecular complexity index is 1170. The minimum atomic E-state index is -1.35. The van der Waals surface area contributed by atoms with Crippen LogP contribution in [0.2, 0.25) is 0 Å². The first-order valence-electron chi connectivity index (χ1n) is 8.61. The van der Waals surface area contributed by atoms with Gasteiger partial charge in [-0.2, -0.15) is 0 Å². The first-order valence-corrected chi connectivity index (χ1v) is 8.61. The predicted molar refractivity (Wildman–Crippen MR) is 96.6 cm³/mol. The fourth-order valence-electron chi connectivity index (χ4n) is 3.50. The number of benzene rings is 2. The van der Waals surface area contributed by atoms with Gasteiger partial charge in [-0.3, -0.25) is 14.2 Å². The topological polar surface area (TPSA) is 85.3 Å². The third-order valence-electron chi connectivity index (χ3n) is 4.88. The number of nitrogens with zero attached hydrogens (tertiary/aromatic N) is 1. The monoisotopic (exact) mass is 408 g/mol. The van der Waals surface area contributed by atoms with Crippen LogP contribution in [0, 0.1) is 30.2 Å². The van der Waals surface area contributed by atoms with Gasteiger partial charge in [0.25, 0.3) is 5.91 Å². The number of phenolic OH excluding ortho intramolecular Hbond substituents is 1. The molecule has 0 saturated carbocycles. The van der Waals surface area contributed by atoms with Gasteiger partial charge in [0.1, 0.15) is 0 Å². The van der Waals surface area contributed by atoms with Crippen LogP contribution in [-0.2, 0) is 4.79 Å². The first-order chi connectivity index (χ1) is 13.6. The standard InChI is InChI=1S/C20H16F4N2O3/c1-3-10(19(25)28)15-8(2)26(14-7-13(23)18(27)17(24)16(14)15)20(29)9-4-5-11(21)12(22)6-9/h4-7,10,27H,3H2,1-2H3,(H2,25,28). The van der Waals surface area contributed by atoms with Gasteiger partial charge in [-0.15, -0.1) is 0 Å². The molecule has 3 N–H and O–H groups in total. The Labute approximate surface area is 162 Å². The van der Waals surface area contributed by atoms with E-state index in [1.165, 1.54) is 6.92 Å². The normalized spacial score (nSPS) is 12.3. The Morgan fingerprint density at radius 3 is 2.31 bits per heavy atom. The average Bonchev–Trinajstić information content (AvgIpc) is 2.94. The SMILES string of the molecule is CCC(C(N)=O)c1c(C)n(C(=O)c2ccc(F)c(F)c2)c2cc(F)c(O)c(F)c12. The van der Waals surface area contributed by atoms with Crippen molar-refractivity contribution in [3.05, 3.63) is 64.4 Å². The summed E-state index contributed by atoms with van der Waals surface area (Å²) < 4.78 is 56.5. The molecule has 1 unspecified atom stereocenters. The van der Waals surface area contributed by atoms with E-state index < -0.39 is 46.8 Å². The minimum absolute atomic E-state index is 0.0127. The molecule has 0 aliphatic heterocycles. The summed E-state index contributed by atoms with van der Waals surface area (Å²) in [4.78, 5) is 24.9. The van der Waals surface area contributed by atoms with Gasteiger partial charge in [-0.1, -0.05) is 6.92 Å². The number of aromatic hydroxyl groups is 1. The molecule has 0 saturated heterocycles. The summed E-state index contributed by atoms with van der Waals surface area (Å²) in [6.45, 7) is 2.99. The maximum atomic E-state index is 14.8. The highest BCUT2D eigenvalue weighted by Crippen LogP contribution is 2.39. The number of primary amides is 1. The van der Waals surface area contributed by atoms with Crippen LogP contribution in [0.5, 0.6) is 5.75 Å². The van der Waals surface area contributed by atoms with Crippen molar-refractivity contribution in [2.45, 2.75) is 26.2 Å². The zero-order valence-corrected chi connectivity index (χ0v) is 15.4. The Hall–Kier alpha value is -3.36. The van der Waals surface area contributed by atoms with E-state index in [1.807, 2.05) is 0 Å². The van der Waals surface area contributed by atoms with Gasteiger partial charge >= 0.3 is 0 Å². The van der Waals surface area contributed by atoms with Crippen LogP contribution in [0.1, 0.15) is 40.9 Å². The largest absolute Gasteiger partial charge is 0.503 e. The van der Waals surface area contributed by atoms with Crippen molar-refractivity contribution in [1.82, 2.24) is 4.57 Å². The van der Waals surface area contributed by atoms with Crippen LogP contribution in [0.4, 0.5) is 17.6 Å². The summed E-state index contributed by atoms with van der Waals surface area (Å²) in [5.74, 6) is -9.13. The molecule has 29 heavy (non-hydrogen) atoms. The molecule has 0 radical (unpaired) electrons. The van der Waals surface area contributed by atoms with Crippen molar-refractivity contribution in [1.29, 1.82) is 0 Å². The van der Waals surface area contributed by atoms with Crippen molar-refractivity contribution in [2.75, 3.05) is 0 Å². The highest BCUT2D eigenvalue weighted by atomic mass is 19.2. The lowest BCUT2D eigenvalue weighted by Crippen LogP contribution is -2.22. The van der Waals surface area contributed by atoms with Crippen LogP contribution in [0.3, 0.4) is 0 Å². The third kappa shape index (κ3) is 3.12. The second-order valence-corrected chi connectivity index (χ2v) is 6.55. The van der Waals surface area contributed by atoms with Gasteiger partial charge in [-0.05, 0) is 37.1 Å². The average molecular weight is 408 g/mol. The molecule has 0 bridgehead atoms. The lowest BCUT2D eigenvalue weighted by Gasteiger charge is -2.13. The van der Waals surface area contributed by atoms with E-state index in [1.54, 1.807) is 6.92 Å². The van der Waals surface area contributed by atoms with Gasteiger partial charge in [0.2, 0.25) is 5.91 Å². The van der Waals surface area contributed by atoms with E-state index in [2.05, 4.69) is 0 Å². The van der Waals surface area contributed by atoms with Crippen LogP contribution < -0.4 is 5.73 Å². The van der Waals surface area contributed by atoms with Crippen LogP contribution in [0.15, 0.2) is 24.3 Å². The van der Waals surface area contributed by atoms with E-state index in [4.69, 9.17) is 5.73 Å². The molecule has 1 atom stereocenters. The maximum Gasteiger partial charge on any atom is 0.262 e. The highest BCUT2D eigenvalue weighted by Gasteiger charge is 2.31. The van der Waals surface area contributed by atoms with Crippen molar-refractivity contribution in [3.63, 3.8) is 0 Å². The van der Waals surface area contributed by atoms with Crippen LogP contribution in [0.25, 0.3) is 10.9 Å². The van der Waals surface area contributed by atoms with Crippen molar-refractivity contribution < 1.29 is 32.3 Å². The number of halogens is 4. The molecule has 0 fully saturated rings. The first kappa shape index (κ1) is 20.4. The number of nitrogens with two attached hydrogens (primary N) is 1. The molecule has 0 spiro atoms. The number of rotatable bonds is 4. The zero-order valence-electron chi connectivity index (χ0n) is 15.4. The number of phenols is 1. The molecule has 3 aromatic rings. The molecule has 0 aliphatic carbocycles. The number of amides is 1. The van der Waals surface area contributed by atoms with E-state index in [-0.39, 0.29) is 34.1 Å². The summed E-state index contributed by atoms with van der Waals surface area (Å²) in [6, 6.07) is 3.15. The number of carbonyl (C=O) groups excluding carboxylic acids is 2. The van der Waals surface area contributed by atoms with Gasteiger partial charge in [0.05, 0.1) is 11.4 Å². The van der Waals surface area contributed by atoms with E-state index in [0.717, 1.165) is 22.8 Å². The molecule has 5 nitrogen and oxygen atoms in total. The van der Waals surface area contributed by atoms with Gasteiger partial charge in [-0.25, -0.2) is 17.6 Å². The van der Waals surface area contributed by atoms with E-state index in [9.17, 15) is 32.3 Å². The van der Waals surface area contributed by atoms with Crippen molar-refractivity contribution in [3.8, 4) is 5.75 Å². The smallest absolute Gasteiger partial charge is 0.262 e. The molecule has 1 aromatic heterocycles. The molecule has 3 rings (SSSR count). The summed E-state index contributed by atoms with van der Waals surface area (Å²) in [7, 11) is 0. The second kappa shape index (κ2) is 7.23. The Kier molecular flexibility index (Phi) is 5.08. The predicted octanol–water partition coefficient (Wildman–Crippen LogP) is 3.88. The van der Waals surface area contributed by atoms with Crippen molar-refractivity contribution in [2.24, 2.45) is 5.73 Å². The third-order valence-corrected chi connectivity index (χ3v) is 4.88. The number of hydrogen-bond acceptors (Lipinski definition) is 3. The zero-order chi connectivity index (χ0) is 21.6. The molecular formula is C20H16F4N2O3. The molecule has 2 aromatic carbocycles. The number of fused-ring (bicyclic) bond motifs is 1. The quantitative estimate of drug-likeness (QED) is 0.643. The van der Waals surface area contributed by atoms with Crippen molar-refractivity contribution >= 4 is 22.7 Å². The number of carbonyl (C=O) groups is 2. The fourth-order valence-corrected chi connectivity index (χ4v) is 3.50. The lowest BCUT2D eigenvalue weighted by atomic mass is 9.93. The summed E-state index contributed by atoms with van der Waals surface area (Å²) >= 11 is 0. The minimum Gasteiger partial charge on any atom is -0.503 e. The van der Waals surface area contributed by atoms with Gasteiger partial charge in [0.15, 0.2) is 29.0 Å². The summed E-state index contributed by atoms with van der Waals surface area (Å²) in [5.41, 5.74) is 4.92. The second-order valence-electron chi connectivity index (χ2n) is 6.55. The van der Waals surface area contributed by atoms with E-state index >= 15 is 0 Å². The molecule has 152 valence electrons. The molecule has 1 amide bonds. The molecule has 9 heteroatoms. The van der Waals surface area contributed by atoms with E-state index in [0.29, 0.717) is 6.07 Å². The summed E-state index contributed by atoms with van der Waals surface area (Å²) in [5, 5.41) is 9.35. The lowest BCUT2D eigenvalue weighted by molar-refractivity contribution is -0.119. The molecule has 1 heterocycles. The summed E-state index contributed by atoms with van der Waals surface area (Å²) in [6.07, 6.45) is 0.145. The number of aromatic nitrogens is 1. The fraction of sp³-hybridized carbons (Fsp3) is 0.200. The maximum absolute atomic E-state index is 14.8. The van der Waals surface area contributed by atoms with Crippen LogP contribution >= 0.6 is 0 Å². The molecular weight excluding hydrogens is 392 g/mol. The Morgan fingerprint density at radius 1 is 1.10 bits per heavy atom. The van der Waals surface area contributed by atoms with Crippen LogP contribution in [-0.4, -0.2) is 21.5 Å². The molecule has 0 aliphatic rings. The Morgan fingerprint density at radius 2 is 1.76 bits per heavy atom. The van der Waals surface area contributed by atoms with Gasteiger partial charge in [0, 0.05) is 22.7 Å².